The minimum Gasteiger partial charge on any atom is -0.399 e. The molecule has 0 spiro atoms. The third-order valence-electron chi connectivity index (χ3n) is 4.53. The molecule has 1 saturated heterocycles. The van der Waals surface area contributed by atoms with Gasteiger partial charge >= 0.3 is 0 Å². The van der Waals surface area contributed by atoms with Crippen molar-refractivity contribution in [2.45, 2.75) is 32.1 Å². The van der Waals surface area contributed by atoms with Gasteiger partial charge in [0.15, 0.2) is 0 Å². The van der Waals surface area contributed by atoms with Gasteiger partial charge in [0.1, 0.15) is 0 Å². The van der Waals surface area contributed by atoms with Crippen molar-refractivity contribution >= 4 is 23.2 Å². The van der Waals surface area contributed by atoms with Crippen LogP contribution < -0.4 is 10.6 Å². The van der Waals surface area contributed by atoms with Crippen LogP contribution in [0.25, 0.3) is 0 Å². The Labute approximate surface area is 124 Å². The highest BCUT2D eigenvalue weighted by Crippen LogP contribution is 2.42. The normalized spacial score (nSPS) is 20.3. The molecule has 2 heterocycles. The molecule has 112 valence electrons. The first kappa shape index (κ1) is 13.9. The Kier molecular flexibility index (Phi) is 3.15. The second-order valence-corrected chi connectivity index (χ2v) is 6.34. The lowest BCUT2D eigenvalue weighted by Gasteiger charge is -2.23. The molecule has 2 N–H and O–H groups in total. The lowest BCUT2D eigenvalue weighted by Crippen LogP contribution is -2.41. The van der Waals surface area contributed by atoms with E-state index in [9.17, 15) is 9.59 Å². The molecule has 0 aliphatic carbocycles. The number of carbonyl (C=O) groups is 2. The average Bonchev–Trinajstić information content (AvgIpc) is 2.91. The molecule has 1 aromatic rings. The third kappa shape index (κ3) is 2.17. The fourth-order valence-corrected chi connectivity index (χ4v) is 3.23. The standard InChI is InChI=1S/C16H21N3O2/c1-16(2)12-10-11(17)5-6-13(12)19(15(16)21)9-8-18-7-3-4-14(18)20/h5-6,10H,3-4,7-9,17H2,1-2H3. The number of amides is 2. The molecule has 2 amide bonds. The van der Waals surface area contributed by atoms with Crippen molar-refractivity contribution in [2.24, 2.45) is 0 Å². The highest BCUT2D eigenvalue weighted by atomic mass is 16.2. The number of likely N-dealkylation sites (tertiary alicyclic amines) is 1. The number of carbonyl (C=O) groups excluding carboxylic acids is 2. The lowest BCUT2D eigenvalue weighted by molar-refractivity contribution is -0.128. The maximum Gasteiger partial charge on any atom is 0.237 e. The highest BCUT2D eigenvalue weighted by molar-refractivity contribution is 6.07. The van der Waals surface area contributed by atoms with Crippen LogP contribution in [-0.4, -0.2) is 36.3 Å². The van der Waals surface area contributed by atoms with Gasteiger partial charge in [0.25, 0.3) is 0 Å². The van der Waals surface area contributed by atoms with E-state index >= 15 is 0 Å². The zero-order valence-electron chi connectivity index (χ0n) is 12.6. The molecule has 0 atom stereocenters. The quantitative estimate of drug-likeness (QED) is 0.857. The number of nitrogen functional groups attached to an aromatic ring is 1. The summed E-state index contributed by atoms with van der Waals surface area (Å²) in [6.45, 7) is 5.80. The number of fused-ring (bicyclic) bond motifs is 1. The van der Waals surface area contributed by atoms with Gasteiger partial charge < -0.3 is 15.5 Å². The van der Waals surface area contributed by atoms with Crippen LogP contribution in [0.1, 0.15) is 32.3 Å². The van der Waals surface area contributed by atoms with Crippen molar-refractivity contribution in [3.8, 4) is 0 Å². The summed E-state index contributed by atoms with van der Waals surface area (Å²) in [5.41, 5.74) is 7.86. The minimum atomic E-state index is -0.556. The molecule has 0 aromatic heterocycles. The van der Waals surface area contributed by atoms with Crippen LogP contribution in [-0.2, 0) is 15.0 Å². The van der Waals surface area contributed by atoms with Crippen LogP contribution in [0, 0.1) is 0 Å². The van der Waals surface area contributed by atoms with E-state index in [4.69, 9.17) is 5.73 Å². The molecule has 3 rings (SSSR count). The van der Waals surface area contributed by atoms with Crippen LogP contribution in [0.2, 0.25) is 0 Å². The van der Waals surface area contributed by atoms with Crippen molar-refractivity contribution in [1.82, 2.24) is 4.90 Å². The summed E-state index contributed by atoms with van der Waals surface area (Å²) in [6.07, 6.45) is 1.55. The number of nitrogens with zero attached hydrogens (tertiary/aromatic N) is 2. The van der Waals surface area contributed by atoms with E-state index in [1.165, 1.54) is 0 Å². The van der Waals surface area contributed by atoms with Gasteiger partial charge in [-0.2, -0.15) is 0 Å². The number of nitrogens with two attached hydrogens (primary N) is 1. The van der Waals surface area contributed by atoms with Gasteiger partial charge in [-0.25, -0.2) is 0 Å². The van der Waals surface area contributed by atoms with Crippen molar-refractivity contribution in [3.63, 3.8) is 0 Å². The Morgan fingerprint density at radius 3 is 2.67 bits per heavy atom. The van der Waals surface area contributed by atoms with Crippen molar-refractivity contribution in [2.75, 3.05) is 30.3 Å². The summed E-state index contributed by atoms with van der Waals surface area (Å²) in [5, 5.41) is 0. The molecule has 0 radical (unpaired) electrons. The SMILES string of the molecule is CC1(C)C(=O)N(CCN2CCCC2=O)c2ccc(N)cc21. The predicted molar refractivity (Wildman–Crippen MR) is 82.0 cm³/mol. The molecular formula is C16H21N3O2. The van der Waals surface area contributed by atoms with E-state index in [1.54, 1.807) is 4.90 Å². The van der Waals surface area contributed by atoms with E-state index in [0.717, 1.165) is 24.2 Å². The van der Waals surface area contributed by atoms with Gasteiger partial charge in [-0.3, -0.25) is 9.59 Å². The molecule has 5 heteroatoms. The highest BCUT2D eigenvalue weighted by Gasteiger charge is 2.43. The smallest absolute Gasteiger partial charge is 0.237 e. The van der Waals surface area contributed by atoms with E-state index in [0.29, 0.717) is 25.2 Å². The van der Waals surface area contributed by atoms with E-state index in [-0.39, 0.29) is 11.8 Å². The molecule has 0 saturated carbocycles. The summed E-state index contributed by atoms with van der Waals surface area (Å²) in [7, 11) is 0. The number of anilines is 2. The van der Waals surface area contributed by atoms with Gasteiger partial charge in [-0.05, 0) is 44.0 Å². The Hall–Kier alpha value is -2.04. The van der Waals surface area contributed by atoms with E-state index in [2.05, 4.69) is 0 Å². The third-order valence-corrected chi connectivity index (χ3v) is 4.53. The van der Waals surface area contributed by atoms with Crippen LogP contribution in [0.4, 0.5) is 11.4 Å². The zero-order chi connectivity index (χ0) is 15.2. The number of rotatable bonds is 3. The Morgan fingerprint density at radius 2 is 2.00 bits per heavy atom. The fourth-order valence-electron chi connectivity index (χ4n) is 3.23. The minimum absolute atomic E-state index is 0.0785. The monoisotopic (exact) mass is 287 g/mol. The Bertz CT molecular complexity index is 610. The lowest BCUT2D eigenvalue weighted by atomic mass is 9.86. The number of hydrogen-bond donors (Lipinski definition) is 1. The molecule has 2 aliphatic rings. The second-order valence-electron chi connectivity index (χ2n) is 6.34. The molecule has 0 bridgehead atoms. The Balaban J connectivity index is 1.83. The fraction of sp³-hybridized carbons (Fsp3) is 0.500. The Morgan fingerprint density at radius 1 is 1.24 bits per heavy atom. The molecule has 0 unspecified atom stereocenters. The molecular weight excluding hydrogens is 266 g/mol. The maximum atomic E-state index is 12.7. The molecule has 1 fully saturated rings. The zero-order valence-corrected chi connectivity index (χ0v) is 12.6. The number of benzene rings is 1. The van der Waals surface area contributed by atoms with Crippen LogP contribution in [0.15, 0.2) is 18.2 Å². The van der Waals surface area contributed by atoms with Gasteiger partial charge in [-0.15, -0.1) is 0 Å². The maximum absolute atomic E-state index is 12.7. The molecule has 5 nitrogen and oxygen atoms in total. The first-order valence-electron chi connectivity index (χ1n) is 7.41. The van der Waals surface area contributed by atoms with Crippen molar-refractivity contribution in [3.05, 3.63) is 23.8 Å². The summed E-state index contributed by atoms with van der Waals surface area (Å²) < 4.78 is 0. The number of hydrogen-bond acceptors (Lipinski definition) is 3. The van der Waals surface area contributed by atoms with Crippen LogP contribution >= 0.6 is 0 Å². The predicted octanol–water partition coefficient (Wildman–Crippen LogP) is 1.52. The van der Waals surface area contributed by atoms with Gasteiger partial charge in [0.2, 0.25) is 11.8 Å². The summed E-state index contributed by atoms with van der Waals surface area (Å²) in [4.78, 5) is 28.0. The van der Waals surface area contributed by atoms with Gasteiger partial charge in [0.05, 0.1) is 5.41 Å². The topological polar surface area (TPSA) is 66.6 Å². The summed E-state index contributed by atoms with van der Waals surface area (Å²) in [6, 6.07) is 5.61. The van der Waals surface area contributed by atoms with Crippen LogP contribution in [0.5, 0.6) is 0 Å². The van der Waals surface area contributed by atoms with Gasteiger partial charge in [0, 0.05) is 37.4 Å². The molecule has 2 aliphatic heterocycles. The van der Waals surface area contributed by atoms with E-state index < -0.39 is 5.41 Å². The first-order valence-corrected chi connectivity index (χ1v) is 7.41. The average molecular weight is 287 g/mol. The van der Waals surface area contributed by atoms with Gasteiger partial charge in [-0.1, -0.05) is 0 Å². The first-order chi connectivity index (χ1) is 9.91. The van der Waals surface area contributed by atoms with E-state index in [1.807, 2.05) is 36.9 Å². The van der Waals surface area contributed by atoms with Crippen molar-refractivity contribution in [1.29, 1.82) is 0 Å². The van der Waals surface area contributed by atoms with Crippen LogP contribution in [0.3, 0.4) is 0 Å². The van der Waals surface area contributed by atoms with Crippen molar-refractivity contribution < 1.29 is 9.59 Å². The summed E-state index contributed by atoms with van der Waals surface area (Å²) in [5.74, 6) is 0.271. The largest absolute Gasteiger partial charge is 0.399 e. The summed E-state index contributed by atoms with van der Waals surface area (Å²) >= 11 is 0. The second kappa shape index (κ2) is 4.76. The molecule has 1 aromatic carbocycles. The molecule has 21 heavy (non-hydrogen) atoms.